The summed E-state index contributed by atoms with van der Waals surface area (Å²) < 4.78 is 6.11. The number of carbonyl (C=O) groups excluding carboxylic acids is 1. The average Bonchev–Trinajstić information content (AvgIpc) is 2.41. The normalized spacial score (nSPS) is 12.2. The van der Waals surface area contributed by atoms with Crippen LogP contribution in [0.25, 0.3) is 0 Å². The zero-order valence-corrected chi connectivity index (χ0v) is 13.2. The number of nitrogens with two attached hydrogens (primary N) is 1. The summed E-state index contributed by atoms with van der Waals surface area (Å²) in [6, 6.07) is 5.15. The molecule has 0 aliphatic carbocycles. The number of anilines is 1. The van der Waals surface area contributed by atoms with E-state index in [0.717, 1.165) is 12.8 Å². The van der Waals surface area contributed by atoms with Crippen LogP contribution in [-0.4, -0.2) is 12.6 Å². The fourth-order valence-corrected chi connectivity index (χ4v) is 2.28. The lowest BCUT2D eigenvalue weighted by Gasteiger charge is -2.15. The fourth-order valence-electron chi connectivity index (χ4n) is 1.87. The molecule has 106 valence electrons. The first kappa shape index (κ1) is 16.0. The standard InChI is InChI=1S/C15H22BrNO2/c1-3-5-6-11(4-2)10-19-15(18)13-9-12(17)7-8-14(13)16/h7-9,11H,3-6,10,17H2,1-2H3. The van der Waals surface area contributed by atoms with Gasteiger partial charge in [0.1, 0.15) is 0 Å². The van der Waals surface area contributed by atoms with Crippen molar-refractivity contribution < 1.29 is 9.53 Å². The molecule has 0 amide bonds. The molecule has 0 heterocycles. The number of nitrogen functional groups attached to an aromatic ring is 1. The maximum Gasteiger partial charge on any atom is 0.339 e. The second-order valence-electron chi connectivity index (χ2n) is 4.75. The van der Waals surface area contributed by atoms with Crippen LogP contribution in [-0.2, 0) is 4.74 Å². The van der Waals surface area contributed by atoms with E-state index in [1.807, 2.05) is 0 Å². The minimum absolute atomic E-state index is 0.311. The van der Waals surface area contributed by atoms with Gasteiger partial charge >= 0.3 is 5.97 Å². The van der Waals surface area contributed by atoms with Crippen LogP contribution in [0.1, 0.15) is 49.9 Å². The number of benzene rings is 1. The van der Waals surface area contributed by atoms with E-state index in [1.165, 1.54) is 12.8 Å². The highest BCUT2D eigenvalue weighted by molar-refractivity contribution is 9.10. The summed E-state index contributed by atoms with van der Waals surface area (Å²) >= 11 is 3.34. The molecule has 0 aliphatic rings. The van der Waals surface area contributed by atoms with E-state index in [0.29, 0.717) is 28.2 Å². The van der Waals surface area contributed by atoms with Gasteiger partial charge in [-0.1, -0.05) is 33.1 Å². The molecule has 3 nitrogen and oxygen atoms in total. The molecule has 1 atom stereocenters. The quantitative estimate of drug-likeness (QED) is 0.596. The van der Waals surface area contributed by atoms with Crippen LogP contribution in [0.2, 0.25) is 0 Å². The Balaban J connectivity index is 2.56. The third-order valence-corrected chi connectivity index (χ3v) is 3.90. The molecule has 1 unspecified atom stereocenters. The van der Waals surface area contributed by atoms with Crippen molar-refractivity contribution in [3.05, 3.63) is 28.2 Å². The lowest BCUT2D eigenvalue weighted by Crippen LogP contribution is -2.14. The molecule has 4 heteroatoms. The average molecular weight is 328 g/mol. The predicted molar refractivity (Wildman–Crippen MR) is 82.1 cm³/mol. The Kier molecular flexibility index (Phi) is 6.92. The van der Waals surface area contributed by atoms with Crippen LogP contribution in [0.4, 0.5) is 5.69 Å². The highest BCUT2D eigenvalue weighted by Gasteiger charge is 2.14. The monoisotopic (exact) mass is 327 g/mol. The summed E-state index contributed by atoms with van der Waals surface area (Å²) in [5, 5.41) is 0. The van der Waals surface area contributed by atoms with Crippen molar-refractivity contribution >= 4 is 27.6 Å². The molecule has 0 fully saturated rings. The lowest BCUT2D eigenvalue weighted by molar-refractivity contribution is 0.0427. The first-order chi connectivity index (χ1) is 9.08. The van der Waals surface area contributed by atoms with E-state index in [1.54, 1.807) is 18.2 Å². The molecular weight excluding hydrogens is 306 g/mol. The molecular formula is C15H22BrNO2. The molecule has 1 aromatic rings. The Hall–Kier alpha value is -1.03. The number of hydrogen-bond acceptors (Lipinski definition) is 3. The number of hydrogen-bond donors (Lipinski definition) is 1. The van der Waals surface area contributed by atoms with Gasteiger partial charge in [-0.3, -0.25) is 0 Å². The second-order valence-corrected chi connectivity index (χ2v) is 5.61. The second kappa shape index (κ2) is 8.20. The predicted octanol–water partition coefficient (Wildman–Crippen LogP) is 4.40. The molecule has 0 bridgehead atoms. The molecule has 0 aromatic heterocycles. The van der Waals surface area contributed by atoms with Gasteiger partial charge in [0.05, 0.1) is 12.2 Å². The van der Waals surface area contributed by atoms with E-state index in [-0.39, 0.29) is 5.97 Å². The van der Waals surface area contributed by atoms with E-state index < -0.39 is 0 Å². The van der Waals surface area contributed by atoms with Crippen LogP contribution in [0, 0.1) is 5.92 Å². The van der Waals surface area contributed by atoms with Crippen molar-refractivity contribution in [3.63, 3.8) is 0 Å². The molecule has 0 spiro atoms. The van der Waals surface area contributed by atoms with Crippen LogP contribution in [0.3, 0.4) is 0 Å². The maximum atomic E-state index is 12.0. The number of rotatable bonds is 7. The molecule has 0 aliphatic heterocycles. The van der Waals surface area contributed by atoms with Gasteiger partial charge in [-0.2, -0.15) is 0 Å². The molecule has 0 radical (unpaired) electrons. The number of halogens is 1. The maximum absolute atomic E-state index is 12.0. The Labute approximate surface area is 123 Å². The summed E-state index contributed by atoms with van der Waals surface area (Å²) in [6.07, 6.45) is 4.49. The number of carbonyl (C=O) groups is 1. The third-order valence-electron chi connectivity index (χ3n) is 3.20. The van der Waals surface area contributed by atoms with Crippen molar-refractivity contribution in [2.45, 2.75) is 39.5 Å². The van der Waals surface area contributed by atoms with Gasteiger partial charge in [-0.05, 0) is 46.5 Å². The van der Waals surface area contributed by atoms with Crippen molar-refractivity contribution in [1.82, 2.24) is 0 Å². The number of ether oxygens (including phenoxy) is 1. The summed E-state index contributed by atoms with van der Waals surface area (Å²) in [5.41, 5.74) is 6.74. The third kappa shape index (κ3) is 5.23. The summed E-state index contributed by atoms with van der Waals surface area (Å²) in [5.74, 6) is 0.137. The van der Waals surface area contributed by atoms with Crippen molar-refractivity contribution in [2.75, 3.05) is 12.3 Å². The van der Waals surface area contributed by atoms with E-state index in [2.05, 4.69) is 29.8 Å². The molecule has 0 saturated heterocycles. The molecule has 1 aromatic carbocycles. The first-order valence-electron chi connectivity index (χ1n) is 6.80. The summed E-state index contributed by atoms with van der Waals surface area (Å²) in [7, 11) is 0. The number of esters is 1. The van der Waals surface area contributed by atoms with Gasteiger partial charge in [-0.25, -0.2) is 4.79 Å². The van der Waals surface area contributed by atoms with Crippen molar-refractivity contribution in [1.29, 1.82) is 0 Å². The highest BCUT2D eigenvalue weighted by Crippen LogP contribution is 2.21. The topological polar surface area (TPSA) is 52.3 Å². The van der Waals surface area contributed by atoms with Crippen LogP contribution in [0.5, 0.6) is 0 Å². The molecule has 0 saturated carbocycles. The summed E-state index contributed by atoms with van der Waals surface area (Å²) in [4.78, 5) is 12.0. The van der Waals surface area contributed by atoms with Gasteiger partial charge in [0.25, 0.3) is 0 Å². The van der Waals surface area contributed by atoms with Crippen LogP contribution < -0.4 is 5.73 Å². The molecule has 19 heavy (non-hydrogen) atoms. The lowest BCUT2D eigenvalue weighted by atomic mass is 10.0. The smallest absolute Gasteiger partial charge is 0.339 e. The van der Waals surface area contributed by atoms with Crippen LogP contribution in [0.15, 0.2) is 22.7 Å². The zero-order chi connectivity index (χ0) is 14.3. The Bertz CT molecular complexity index is 421. The Morgan fingerprint density at radius 3 is 2.79 bits per heavy atom. The van der Waals surface area contributed by atoms with Gasteiger partial charge in [-0.15, -0.1) is 0 Å². The number of unbranched alkanes of at least 4 members (excludes halogenated alkanes) is 1. The highest BCUT2D eigenvalue weighted by atomic mass is 79.9. The minimum atomic E-state index is -0.311. The van der Waals surface area contributed by atoms with Crippen molar-refractivity contribution in [3.8, 4) is 0 Å². The Morgan fingerprint density at radius 1 is 1.42 bits per heavy atom. The zero-order valence-electron chi connectivity index (χ0n) is 11.6. The van der Waals surface area contributed by atoms with Gasteiger partial charge in [0, 0.05) is 10.2 Å². The van der Waals surface area contributed by atoms with E-state index in [9.17, 15) is 4.79 Å². The first-order valence-corrected chi connectivity index (χ1v) is 7.59. The summed E-state index contributed by atoms with van der Waals surface area (Å²) in [6.45, 7) is 4.78. The van der Waals surface area contributed by atoms with Crippen molar-refractivity contribution in [2.24, 2.45) is 5.92 Å². The van der Waals surface area contributed by atoms with Gasteiger partial charge < -0.3 is 10.5 Å². The fraction of sp³-hybridized carbons (Fsp3) is 0.533. The molecule has 2 N–H and O–H groups in total. The van der Waals surface area contributed by atoms with E-state index >= 15 is 0 Å². The van der Waals surface area contributed by atoms with E-state index in [4.69, 9.17) is 10.5 Å². The van der Waals surface area contributed by atoms with Crippen LogP contribution >= 0.6 is 15.9 Å². The Morgan fingerprint density at radius 2 is 2.16 bits per heavy atom. The SMILES string of the molecule is CCCCC(CC)COC(=O)c1cc(N)ccc1Br. The minimum Gasteiger partial charge on any atom is -0.462 e. The van der Waals surface area contributed by atoms with Gasteiger partial charge in [0.15, 0.2) is 0 Å². The molecule has 1 rings (SSSR count). The van der Waals surface area contributed by atoms with Gasteiger partial charge in [0.2, 0.25) is 0 Å². The largest absolute Gasteiger partial charge is 0.462 e.